The molecule has 3 heteroatoms. The summed E-state index contributed by atoms with van der Waals surface area (Å²) in [5.41, 5.74) is 2.09. The Kier molecular flexibility index (Phi) is 2.96. The van der Waals surface area contributed by atoms with Crippen LogP contribution < -0.4 is 0 Å². The SMILES string of the molecule is CC(C(=O)O)=C(C)C12CC3(C)CC(C)(CC(CO)(C3)C1)C2. The van der Waals surface area contributed by atoms with E-state index in [2.05, 4.69) is 13.8 Å². The molecule has 118 valence electrons. The standard InChI is InChI=1S/C18H28O3/c1-12(14(20)21)13(2)18-8-15(3)5-16(4,9-18)7-17(6-15,10-18)11-19/h19H,5-11H2,1-4H3,(H,20,21). The van der Waals surface area contributed by atoms with Gasteiger partial charge in [-0.3, -0.25) is 0 Å². The highest BCUT2D eigenvalue weighted by Gasteiger charge is 2.65. The maximum absolute atomic E-state index is 11.4. The third-order valence-electron chi connectivity index (χ3n) is 6.72. The van der Waals surface area contributed by atoms with E-state index in [-0.39, 0.29) is 28.3 Å². The third kappa shape index (κ3) is 2.08. The van der Waals surface area contributed by atoms with Crippen molar-refractivity contribution in [3.63, 3.8) is 0 Å². The van der Waals surface area contributed by atoms with E-state index < -0.39 is 5.97 Å². The van der Waals surface area contributed by atoms with Crippen LogP contribution in [0.3, 0.4) is 0 Å². The summed E-state index contributed by atoms with van der Waals surface area (Å²) in [5, 5.41) is 19.5. The normalized spacial score (nSPS) is 49.2. The van der Waals surface area contributed by atoms with Crippen molar-refractivity contribution in [2.45, 2.75) is 66.2 Å². The number of carboxylic acid groups (broad SMARTS) is 1. The lowest BCUT2D eigenvalue weighted by Gasteiger charge is -2.70. The molecule has 21 heavy (non-hydrogen) atoms. The topological polar surface area (TPSA) is 57.5 Å². The number of hydrogen-bond donors (Lipinski definition) is 2. The van der Waals surface area contributed by atoms with Crippen LogP contribution in [-0.4, -0.2) is 22.8 Å². The quantitative estimate of drug-likeness (QED) is 0.779. The highest BCUT2D eigenvalue weighted by atomic mass is 16.4. The fourth-order valence-corrected chi connectivity index (χ4v) is 7.07. The lowest BCUT2D eigenvalue weighted by molar-refractivity contribution is -0.189. The average molecular weight is 292 g/mol. The second-order valence-electron chi connectivity index (χ2n) is 9.18. The fourth-order valence-electron chi connectivity index (χ4n) is 7.07. The molecule has 0 saturated heterocycles. The van der Waals surface area contributed by atoms with Gasteiger partial charge in [0.15, 0.2) is 0 Å². The number of aliphatic hydroxyl groups is 1. The van der Waals surface area contributed by atoms with Crippen molar-refractivity contribution in [1.29, 1.82) is 0 Å². The van der Waals surface area contributed by atoms with Gasteiger partial charge in [-0.2, -0.15) is 0 Å². The number of allylic oxidation sites excluding steroid dienone is 1. The smallest absolute Gasteiger partial charge is 0.331 e. The second-order valence-corrected chi connectivity index (χ2v) is 9.18. The van der Waals surface area contributed by atoms with Crippen LogP contribution in [0.5, 0.6) is 0 Å². The van der Waals surface area contributed by atoms with E-state index in [1.807, 2.05) is 6.92 Å². The number of hydrogen-bond acceptors (Lipinski definition) is 2. The molecule has 0 spiro atoms. The molecule has 4 aliphatic rings. The summed E-state index contributed by atoms with van der Waals surface area (Å²) >= 11 is 0. The molecule has 0 aromatic carbocycles. The van der Waals surface area contributed by atoms with E-state index >= 15 is 0 Å². The third-order valence-corrected chi connectivity index (χ3v) is 6.72. The summed E-state index contributed by atoms with van der Waals surface area (Å²) in [6.07, 6.45) is 6.59. The van der Waals surface area contributed by atoms with Crippen molar-refractivity contribution in [3.8, 4) is 0 Å². The van der Waals surface area contributed by atoms with E-state index in [1.165, 1.54) is 6.42 Å². The van der Waals surface area contributed by atoms with E-state index in [0.29, 0.717) is 5.57 Å². The van der Waals surface area contributed by atoms with Crippen LogP contribution in [0.2, 0.25) is 0 Å². The van der Waals surface area contributed by atoms with Crippen LogP contribution in [0, 0.1) is 21.7 Å². The van der Waals surface area contributed by atoms with Crippen molar-refractivity contribution in [1.82, 2.24) is 0 Å². The number of aliphatic hydroxyl groups excluding tert-OH is 1. The summed E-state index contributed by atoms with van der Waals surface area (Å²) in [5.74, 6) is -0.795. The molecule has 2 atom stereocenters. The zero-order valence-corrected chi connectivity index (χ0v) is 13.8. The largest absolute Gasteiger partial charge is 0.478 e. The van der Waals surface area contributed by atoms with Gasteiger partial charge in [-0.05, 0) is 74.0 Å². The lowest BCUT2D eigenvalue weighted by Crippen LogP contribution is -2.61. The van der Waals surface area contributed by atoms with Crippen LogP contribution in [0.1, 0.15) is 66.2 Å². The van der Waals surface area contributed by atoms with Gasteiger partial charge in [0.05, 0.1) is 0 Å². The fraction of sp³-hybridized carbons (Fsp3) is 0.833. The maximum atomic E-state index is 11.4. The Balaban J connectivity index is 2.12. The van der Waals surface area contributed by atoms with Gasteiger partial charge >= 0.3 is 5.97 Å². The Morgan fingerprint density at radius 2 is 1.48 bits per heavy atom. The number of rotatable bonds is 3. The molecule has 4 rings (SSSR count). The van der Waals surface area contributed by atoms with Gasteiger partial charge in [0, 0.05) is 12.2 Å². The molecule has 0 radical (unpaired) electrons. The zero-order chi connectivity index (χ0) is 15.7. The molecule has 4 fully saturated rings. The Hall–Kier alpha value is -0.830. The van der Waals surface area contributed by atoms with Crippen molar-refractivity contribution in [3.05, 3.63) is 11.1 Å². The van der Waals surface area contributed by atoms with Gasteiger partial charge in [-0.25, -0.2) is 4.79 Å². The van der Waals surface area contributed by atoms with Crippen molar-refractivity contribution in [2.75, 3.05) is 6.61 Å². The van der Waals surface area contributed by atoms with Gasteiger partial charge in [-0.1, -0.05) is 19.4 Å². The minimum atomic E-state index is -0.795. The van der Waals surface area contributed by atoms with Crippen LogP contribution >= 0.6 is 0 Å². The van der Waals surface area contributed by atoms with Gasteiger partial charge in [0.1, 0.15) is 0 Å². The molecule has 4 bridgehead atoms. The first-order valence-electron chi connectivity index (χ1n) is 8.09. The van der Waals surface area contributed by atoms with Crippen LogP contribution in [0.15, 0.2) is 11.1 Å². The van der Waals surface area contributed by atoms with E-state index in [1.54, 1.807) is 6.92 Å². The predicted octanol–water partition coefficient (Wildman–Crippen LogP) is 3.77. The summed E-state index contributed by atoms with van der Waals surface area (Å²) in [6.45, 7) is 8.72. The first-order chi connectivity index (χ1) is 9.57. The Labute approximate surface area is 127 Å². The van der Waals surface area contributed by atoms with E-state index in [4.69, 9.17) is 0 Å². The van der Waals surface area contributed by atoms with Gasteiger partial charge in [0.2, 0.25) is 0 Å². The maximum Gasteiger partial charge on any atom is 0.331 e. The molecule has 0 aromatic heterocycles. The molecule has 0 heterocycles. The Morgan fingerprint density at radius 3 is 1.90 bits per heavy atom. The molecule has 2 unspecified atom stereocenters. The molecule has 0 aromatic rings. The minimum absolute atomic E-state index is 0.0105. The summed E-state index contributed by atoms with van der Waals surface area (Å²) in [7, 11) is 0. The number of carboxylic acids is 1. The van der Waals surface area contributed by atoms with Gasteiger partial charge in [-0.15, -0.1) is 0 Å². The minimum Gasteiger partial charge on any atom is -0.478 e. The number of aliphatic carboxylic acids is 1. The molecule has 4 aliphatic carbocycles. The monoisotopic (exact) mass is 292 g/mol. The summed E-state index contributed by atoms with van der Waals surface area (Å²) in [6, 6.07) is 0. The summed E-state index contributed by atoms with van der Waals surface area (Å²) < 4.78 is 0. The molecular weight excluding hydrogens is 264 g/mol. The van der Waals surface area contributed by atoms with Crippen LogP contribution in [0.25, 0.3) is 0 Å². The molecular formula is C18H28O3. The van der Waals surface area contributed by atoms with Crippen molar-refractivity contribution in [2.24, 2.45) is 21.7 Å². The first-order valence-corrected chi connectivity index (χ1v) is 8.09. The first kappa shape index (κ1) is 15.1. The highest BCUT2D eigenvalue weighted by molar-refractivity contribution is 5.87. The predicted molar refractivity (Wildman–Crippen MR) is 81.9 cm³/mol. The van der Waals surface area contributed by atoms with Gasteiger partial charge in [0.25, 0.3) is 0 Å². The van der Waals surface area contributed by atoms with E-state index in [0.717, 1.165) is 37.7 Å². The molecule has 3 nitrogen and oxygen atoms in total. The van der Waals surface area contributed by atoms with Crippen LogP contribution in [-0.2, 0) is 4.79 Å². The zero-order valence-electron chi connectivity index (χ0n) is 13.8. The summed E-state index contributed by atoms with van der Waals surface area (Å²) in [4.78, 5) is 11.4. The highest BCUT2D eigenvalue weighted by Crippen LogP contribution is 2.75. The Bertz CT molecular complexity index is 513. The molecule has 0 amide bonds. The lowest BCUT2D eigenvalue weighted by atomic mass is 9.35. The average Bonchev–Trinajstić information content (AvgIpc) is 2.32. The number of carbonyl (C=O) groups is 1. The van der Waals surface area contributed by atoms with Crippen molar-refractivity contribution >= 4 is 5.97 Å². The Morgan fingerprint density at radius 1 is 0.952 bits per heavy atom. The molecule has 0 aliphatic heterocycles. The molecule has 2 N–H and O–H groups in total. The van der Waals surface area contributed by atoms with E-state index in [9.17, 15) is 15.0 Å². The second kappa shape index (κ2) is 4.13. The van der Waals surface area contributed by atoms with Gasteiger partial charge < -0.3 is 10.2 Å². The molecule has 4 saturated carbocycles. The van der Waals surface area contributed by atoms with Crippen LogP contribution in [0.4, 0.5) is 0 Å². The van der Waals surface area contributed by atoms with Crippen molar-refractivity contribution < 1.29 is 15.0 Å².